The summed E-state index contributed by atoms with van der Waals surface area (Å²) in [5.74, 6) is 0.0957. The smallest absolute Gasteiger partial charge is 0.186 e. The van der Waals surface area contributed by atoms with Gasteiger partial charge in [-0.2, -0.15) is 0 Å². The molecule has 3 aromatic rings. The molecule has 112 valence electrons. The number of H-pyrrole nitrogens is 1. The van der Waals surface area contributed by atoms with E-state index in [0.29, 0.717) is 0 Å². The van der Waals surface area contributed by atoms with E-state index in [1.807, 2.05) is 43.3 Å². The highest BCUT2D eigenvalue weighted by Gasteiger charge is 2.19. The summed E-state index contributed by atoms with van der Waals surface area (Å²) in [4.78, 5) is 15.9. The number of aromatic amines is 1. The van der Waals surface area contributed by atoms with Crippen LogP contribution in [0.25, 0.3) is 10.9 Å². The number of Topliss-reactive ketones (excluding diaryl/α,β-unsaturated/α-hetero) is 1. The summed E-state index contributed by atoms with van der Waals surface area (Å²) < 4.78 is 0. The first-order chi connectivity index (χ1) is 10.6. The largest absolute Gasteiger partial charge is 0.375 e. The highest BCUT2D eigenvalue weighted by molar-refractivity contribution is 6.11. The fourth-order valence-electron chi connectivity index (χ4n) is 2.71. The van der Waals surface area contributed by atoms with Crippen LogP contribution in [0.5, 0.6) is 0 Å². The molecular weight excluding hydrogens is 272 g/mol. The number of para-hydroxylation sites is 1. The van der Waals surface area contributed by atoms with Crippen molar-refractivity contribution in [3.05, 3.63) is 65.4 Å². The molecule has 3 heteroatoms. The van der Waals surface area contributed by atoms with Crippen molar-refractivity contribution in [1.29, 1.82) is 0 Å². The van der Waals surface area contributed by atoms with Gasteiger partial charge in [0.05, 0.1) is 6.04 Å². The minimum Gasteiger partial charge on any atom is -0.375 e. The Labute approximate surface area is 130 Å². The summed E-state index contributed by atoms with van der Waals surface area (Å²) in [5, 5.41) is 4.31. The molecule has 0 aliphatic heterocycles. The fourth-order valence-corrected chi connectivity index (χ4v) is 2.71. The summed E-state index contributed by atoms with van der Waals surface area (Å²) in [5.41, 5.74) is 5.14. The Morgan fingerprint density at radius 1 is 1.09 bits per heavy atom. The lowest BCUT2D eigenvalue weighted by atomic mass is 10.0. The molecule has 0 aliphatic rings. The maximum absolute atomic E-state index is 12.7. The van der Waals surface area contributed by atoms with Gasteiger partial charge < -0.3 is 10.3 Å². The fraction of sp³-hybridized carbons (Fsp3) is 0.211. The van der Waals surface area contributed by atoms with Crippen LogP contribution in [0, 0.1) is 13.8 Å². The lowest BCUT2D eigenvalue weighted by Crippen LogP contribution is -2.26. The van der Waals surface area contributed by atoms with Gasteiger partial charge in [0, 0.05) is 28.4 Å². The van der Waals surface area contributed by atoms with Crippen LogP contribution < -0.4 is 5.32 Å². The van der Waals surface area contributed by atoms with Crippen molar-refractivity contribution in [2.24, 2.45) is 0 Å². The molecule has 3 nitrogen and oxygen atoms in total. The highest BCUT2D eigenvalue weighted by Crippen LogP contribution is 2.22. The van der Waals surface area contributed by atoms with Gasteiger partial charge in [-0.1, -0.05) is 30.3 Å². The molecule has 0 aliphatic carbocycles. The molecule has 1 unspecified atom stereocenters. The molecule has 0 radical (unpaired) electrons. The summed E-state index contributed by atoms with van der Waals surface area (Å²) >= 11 is 0. The number of benzene rings is 2. The van der Waals surface area contributed by atoms with Gasteiger partial charge in [-0.15, -0.1) is 0 Å². The van der Waals surface area contributed by atoms with E-state index >= 15 is 0 Å². The average molecular weight is 292 g/mol. The van der Waals surface area contributed by atoms with Gasteiger partial charge in [0.1, 0.15) is 0 Å². The highest BCUT2D eigenvalue weighted by atomic mass is 16.1. The summed E-state index contributed by atoms with van der Waals surface area (Å²) in [6.45, 7) is 6.05. The first-order valence-corrected chi connectivity index (χ1v) is 7.51. The molecule has 0 spiro atoms. The van der Waals surface area contributed by atoms with Gasteiger partial charge in [0.15, 0.2) is 5.78 Å². The number of anilines is 1. The van der Waals surface area contributed by atoms with Crippen LogP contribution in [0.3, 0.4) is 0 Å². The maximum atomic E-state index is 12.7. The average Bonchev–Trinajstić information content (AvgIpc) is 2.95. The van der Waals surface area contributed by atoms with Gasteiger partial charge in [-0.25, -0.2) is 0 Å². The predicted molar refractivity (Wildman–Crippen MR) is 91.6 cm³/mol. The molecule has 0 fully saturated rings. The molecule has 2 aromatic carbocycles. The molecule has 0 bridgehead atoms. The molecule has 1 aromatic heterocycles. The molecule has 1 atom stereocenters. The second-order valence-electron chi connectivity index (χ2n) is 5.73. The minimum absolute atomic E-state index is 0.0957. The van der Waals surface area contributed by atoms with Gasteiger partial charge in [0.2, 0.25) is 0 Å². The van der Waals surface area contributed by atoms with Crippen molar-refractivity contribution in [3.8, 4) is 0 Å². The molecule has 0 saturated heterocycles. The maximum Gasteiger partial charge on any atom is 0.186 e. The lowest BCUT2D eigenvalue weighted by molar-refractivity contribution is 0.0977. The number of hydrogen-bond donors (Lipinski definition) is 2. The Hall–Kier alpha value is -2.55. The molecule has 3 rings (SSSR count). The van der Waals surface area contributed by atoms with E-state index < -0.39 is 0 Å². The van der Waals surface area contributed by atoms with Crippen LogP contribution in [0.1, 0.15) is 28.4 Å². The zero-order valence-corrected chi connectivity index (χ0v) is 13.1. The lowest BCUT2D eigenvalue weighted by Gasteiger charge is -2.17. The predicted octanol–water partition coefficient (Wildman–Crippen LogP) is 4.47. The molecule has 0 saturated carbocycles. The van der Waals surface area contributed by atoms with Crippen LogP contribution in [0.15, 0.2) is 48.7 Å². The number of rotatable bonds is 4. The van der Waals surface area contributed by atoms with E-state index in [0.717, 1.165) is 22.2 Å². The van der Waals surface area contributed by atoms with Crippen LogP contribution in [-0.4, -0.2) is 16.8 Å². The molecule has 2 N–H and O–H groups in total. The zero-order chi connectivity index (χ0) is 15.7. The van der Waals surface area contributed by atoms with E-state index in [1.165, 1.54) is 11.1 Å². The third kappa shape index (κ3) is 2.50. The van der Waals surface area contributed by atoms with E-state index in [4.69, 9.17) is 0 Å². The Kier molecular flexibility index (Phi) is 3.72. The number of hydrogen-bond acceptors (Lipinski definition) is 2. The van der Waals surface area contributed by atoms with E-state index in [1.54, 1.807) is 6.20 Å². The van der Waals surface area contributed by atoms with Gasteiger partial charge in [-0.3, -0.25) is 4.79 Å². The van der Waals surface area contributed by atoms with E-state index in [-0.39, 0.29) is 11.8 Å². The van der Waals surface area contributed by atoms with Crippen molar-refractivity contribution in [2.75, 3.05) is 5.32 Å². The third-order valence-corrected chi connectivity index (χ3v) is 4.22. The Bertz CT molecular complexity index is 832. The number of aromatic nitrogens is 1. The van der Waals surface area contributed by atoms with Crippen molar-refractivity contribution < 1.29 is 4.79 Å². The molecular formula is C19H20N2O. The second-order valence-corrected chi connectivity index (χ2v) is 5.73. The summed E-state index contributed by atoms with van der Waals surface area (Å²) in [7, 11) is 0. The summed E-state index contributed by atoms with van der Waals surface area (Å²) in [6.07, 6.45) is 1.80. The van der Waals surface area contributed by atoms with E-state index in [2.05, 4.69) is 30.2 Å². The molecule has 0 amide bonds. The van der Waals surface area contributed by atoms with Crippen molar-refractivity contribution in [3.63, 3.8) is 0 Å². The molecule has 22 heavy (non-hydrogen) atoms. The van der Waals surface area contributed by atoms with Crippen molar-refractivity contribution >= 4 is 22.4 Å². The quantitative estimate of drug-likeness (QED) is 0.697. The van der Waals surface area contributed by atoms with Gasteiger partial charge >= 0.3 is 0 Å². The first-order valence-electron chi connectivity index (χ1n) is 7.51. The van der Waals surface area contributed by atoms with Crippen molar-refractivity contribution in [2.45, 2.75) is 26.8 Å². The minimum atomic E-state index is -0.278. The Balaban J connectivity index is 1.87. The topological polar surface area (TPSA) is 44.9 Å². The van der Waals surface area contributed by atoms with Crippen molar-refractivity contribution in [1.82, 2.24) is 4.98 Å². The van der Waals surface area contributed by atoms with Gasteiger partial charge in [0.25, 0.3) is 0 Å². The second kappa shape index (κ2) is 5.68. The monoisotopic (exact) mass is 292 g/mol. The van der Waals surface area contributed by atoms with Gasteiger partial charge in [-0.05, 0) is 44.0 Å². The number of fused-ring (bicyclic) bond motifs is 1. The third-order valence-electron chi connectivity index (χ3n) is 4.22. The number of carbonyl (C=O) groups is 1. The Morgan fingerprint density at radius 2 is 1.86 bits per heavy atom. The van der Waals surface area contributed by atoms with Crippen LogP contribution in [-0.2, 0) is 0 Å². The Morgan fingerprint density at radius 3 is 2.68 bits per heavy atom. The number of aryl methyl sites for hydroxylation is 1. The zero-order valence-electron chi connectivity index (χ0n) is 13.1. The normalized spacial score (nSPS) is 12.3. The number of nitrogens with one attached hydrogen (secondary N) is 2. The number of carbonyl (C=O) groups excluding carboxylic acids is 1. The van der Waals surface area contributed by atoms with Crippen LogP contribution >= 0.6 is 0 Å². The standard InChI is InChI=1S/C19H20N2O/c1-12-7-6-10-17(13(12)2)21-14(3)19(22)16-11-20-18-9-5-4-8-15(16)18/h4-11,14,20-21H,1-3H3. The molecule has 1 heterocycles. The van der Waals surface area contributed by atoms with E-state index in [9.17, 15) is 4.79 Å². The SMILES string of the molecule is Cc1cccc(NC(C)C(=O)c2c[nH]c3ccccc23)c1C. The van der Waals surface area contributed by atoms with Crippen LogP contribution in [0.2, 0.25) is 0 Å². The first kappa shape index (κ1) is 14.4. The number of ketones is 1. The summed E-state index contributed by atoms with van der Waals surface area (Å²) in [6, 6.07) is 13.7. The van der Waals surface area contributed by atoms with Crippen LogP contribution in [0.4, 0.5) is 5.69 Å².